The Bertz CT molecular complexity index is 1410. The molecule has 9 nitrogen and oxygen atoms in total. The van der Waals surface area contributed by atoms with Gasteiger partial charge in [-0.25, -0.2) is 13.2 Å². The topological polar surface area (TPSA) is 95.9 Å². The summed E-state index contributed by atoms with van der Waals surface area (Å²) in [4.78, 5) is 43.5. The smallest absolute Gasteiger partial charge is 0.276 e. The van der Waals surface area contributed by atoms with E-state index in [2.05, 4.69) is 10.7 Å². The van der Waals surface area contributed by atoms with Gasteiger partial charge in [-0.1, -0.05) is 30.3 Å². The number of carbonyl (C=O) groups is 2. The van der Waals surface area contributed by atoms with E-state index in [-0.39, 0.29) is 18.1 Å². The summed E-state index contributed by atoms with van der Waals surface area (Å²) in [6.45, 7) is 1.26. The van der Waals surface area contributed by atoms with E-state index in [1.807, 2.05) is 18.0 Å². The van der Waals surface area contributed by atoms with E-state index < -0.39 is 52.4 Å². The third-order valence-corrected chi connectivity index (χ3v) is 6.31. The number of hydrogen-bond acceptors (Lipinski definition) is 6. The molecule has 12 heteroatoms. The van der Waals surface area contributed by atoms with Gasteiger partial charge < -0.3 is 25.3 Å². The van der Waals surface area contributed by atoms with Gasteiger partial charge in [-0.3, -0.25) is 19.1 Å². The number of amides is 2. The van der Waals surface area contributed by atoms with Crippen LogP contribution in [-0.4, -0.2) is 66.6 Å². The van der Waals surface area contributed by atoms with Crippen molar-refractivity contribution in [1.29, 1.82) is 0 Å². The summed E-state index contributed by atoms with van der Waals surface area (Å²) in [6, 6.07) is 9.94. The van der Waals surface area contributed by atoms with Crippen LogP contribution in [-0.2, 0) is 13.2 Å². The lowest BCUT2D eigenvalue weighted by atomic mass is 10.1. The number of nitrogens with zero attached hydrogens (tertiary/aromatic N) is 3. The molecule has 3 aromatic rings. The second kappa shape index (κ2) is 12.0. The lowest BCUT2D eigenvalue weighted by Gasteiger charge is -2.28. The van der Waals surface area contributed by atoms with Gasteiger partial charge in [0.25, 0.3) is 11.8 Å². The third-order valence-electron chi connectivity index (χ3n) is 6.31. The molecular formula is C27H28F3N5O4. The van der Waals surface area contributed by atoms with E-state index in [0.717, 1.165) is 11.8 Å². The van der Waals surface area contributed by atoms with Crippen LogP contribution >= 0.6 is 0 Å². The minimum atomic E-state index is -1.18. The molecule has 2 aromatic carbocycles. The maximum atomic E-state index is 14.1. The molecule has 0 fully saturated rings. The molecule has 0 atom stereocenters. The maximum absolute atomic E-state index is 14.1. The molecule has 0 saturated carbocycles. The van der Waals surface area contributed by atoms with E-state index in [0.29, 0.717) is 38.3 Å². The van der Waals surface area contributed by atoms with Crippen molar-refractivity contribution in [2.24, 2.45) is 0 Å². The van der Waals surface area contributed by atoms with Crippen molar-refractivity contribution in [3.63, 3.8) is 0 Å². The Kier molecular flexibility index (Phi) is 8.55. The van der Waals surface area contributed by atoms with Crippen molar-refractivity contribution in [2.75, 3.05) is 45.7 Å². The summed E-state index contributed by atoms with van der Waals surface area (Å²) in [6.07, 6.45) is 1.16. The van der Waals surface area contributed by atoms with E-state index in [4.69, 9.17) is 4.74 Å². The SMILES string of the molecule is CN1CCNn2cc(C(=O)NCc3c(F)cc(F)cc3F)c(=O)c(OCc3ccccc3)c2C(=O)N(C)CC1. The fraction of sp³-hybridized carbons (Fsp3) is 0.296. The van der Waals surface area contributed by atoms with Crippen molar-refractivity contribution >= 4 is 11.8 Å². The molecule has 1 aromatic heterocycles. The van der Waals surface area contributed by atoms with Crippen LogP contribution in [0.1, 0.15) is 32.0 Å². The fourth-order valence-corrected chi connectivity index (χ4v) is 4.02. The predicted octanol–water partition coefficient (Wildman–Crippen LogP) is 2.34. The molecule has 0 radical (unpaired) electrons. The lowest BCUT2D eigenvalue weighted by Crippen LogP contribution is -2.43. The molecule has 0 aliphatic carbocycles. The van der Waals surface area contributed by atoms with Crippen LogP contribution in [0.4, 0.5) is 13.2 Å². The second-order valence-electron chi connectivity index (χ2n) is 9.16. The van der Waals surface area contributed by atoms with Gasteiger partial charge in [-0.05, 0) is 12.6 Å². The normalized spacial score (nSPS) is 14.4. The molecule has 2 amide bonds. The second-order valence-corrected chi connectivity index (χ2v) is 9.16. The number of nitrogens with one attached hydrogen (secondary N) is 2. The Labute approximate surface area is 222 Å². The number of pyridine rings is 1. The first-order valence-electron chi connectivity index (χ1n) is 12.2. The standard InChI is InChI=1S/C27H28F3N5O4/c1-33-9-8-32-35-15-20(26(37)31-14-19-21(29)12-18(28)13-22(19)30)24(36)25(23(35)27(38)34(2)11-10-33)39-16-17-6-4-3-5-7-17/h3-7,12-13,15,32H,8-11,14,16H2,1-2H3,(H,31,37). The Balaban J connectivity index is 1.74. The van der Waals surface area contributed by atoms with Crippen LogP contribution in [0.25, 0.3) is 0 Å². The first-order chi connectivity index (χ1) is 18.7. The van der Waals surface area contributed by atoms with Crippen LogP contribution < -0.4 is 20.9 Å². The van der Waals surface area contributed by atoms with Crippen molar-refractivity contribution in [1.82, 2.24) is 19.8 Å². The zero-order valence-corrected chi connectivity index (χ0v) is 21.5. The summed E-state index contributed by atoms with van der Waals surface area (Å²) in [7, 11) is 3.49. The van der Waals surface area contributed by atoms with Gasteiger partial charge >= 0.3 is 0 Å². The Morgan fingerprint density at radius 3 is 2.41 bits per heavy atom. The maximum Gasteiger partial charge on any atom is 0.276 e. The molecule has 0 spiro atoms. The fourth-order valence-electron chi connectivity index (χ4n) is 4.02. The van der Waals surface area contributed by atoms with Gasteiger partial charge in [0.2, 0.25) is 5.43 Å². The average Bonchev–Trinajstić information content (AvgIpc) is 2.90. The molecule has 1 aliphatic heterocycles. The summed E-state index contributed by atoms with van der Waals surface area (Å²) in [5.74, 6) is -5.26. The summed E-state index contributed by atoms with van der Waals surface area (Å²) in [5.41, 5.74) is 1.82. The summed E-state index contributed by atoms with van der Waals surface area (Å²) < 4.78 is 48.6. The summed E-state index contributed by atoms with van der Waals surface area (Å²) >= 11 is 0. The van der Waals surface area contributed by atoms with Gasteiger partial charge in [0.1, 0.15) is 29.6 Å². The molecular weight excluding hydrogens is 515 g/mol. The van der Waals surface area contributed by atoms with Gasteiger partial charge in [-0.2, -0.15) is 0 Å². The highest BCUT2D eigenvalue weighted by Crippen LogP contribution is 2.20. The highest BCUT2D eigenvalue weighted by molar-refractivity contribution is 5.98. The zero-order valence-electron chi connectivity index (χ0n) is 21.5. The van der Waals surface area contributed by atoms with E-state index in [1.165, 1.54) is 9.58 Å². The van der Waals surface area contributed by atoms with E-state index in [9.17, 15) is 27.6 Å². The molecule has 2 N–H and O–H groups in total. The number of aromatic nitrogens is 1. The van der Waals surface area contributed by atoms with Crippen LogP contribution in [0, 0.1) is 17.5 Å². The highest BCUT2D eigenvalue weighted by atomic mass is 19.1. The minimum absolute atomic E-state index is 0.0557. The van der Waals surface area contributed by atoms with Gasteiger partial charge in [0.05, 0.1) is 0 Å². The molecule has 39 heavy (non-hydrogen) atoms. The lowest BCUT2D eigenvalue weighted by molar-refractivity contribution is 0.0761. The van der Waals surface area contributed by atoms with E-state index in [1.54, 1.807) is 31.3 Å². The van der Waals surface area contributed by atoms with Crippen LogP contribution in [0.5, 0.6) is 5.75 Å². The summed E-state index contributed by atoms with van der Waals surface area (Å²) in [5, 5.41) is 2.30. The third kappa shape index (κ3) is 6.40. The Hall–Kier alpha value is -4.32. The number of ether oxygens (including phenoxy) is 1. The number of halogens is 3. The predicted molar refractivity (Wildman–Crippen MR) is 138 cm³/mol. The number of benzene rings is 2. The number of carbonyl (C=O) groups excluding carboxylic acids is 2. The number of rotatable bonds is 6. The highest BCUT2D eigenvalue weighted by Gasteiger charge is 2.29. The van der Waals surface area contributed by atoms with Gasteiger partial charge in [0.15, 0.2) is 11.4 Å². The van der Waals surface area contributed by atoms with Gasteiger partial charge in [0, 0.05) is 63.7 Å². The van der Waals surface area contributed by atoms with Crippen molar-refractivity contribution in [2.45, 2.75) is 13.2 Å². The van der Waals surface area contributed by atoms with Crippen molar-refractivity contribution in [3.8, 4) is 5.75 Å². The average molecular weight is 544 g/mol. The Morgan fingerprint density at radius 2 is 1.72 bits per heavy atom. The molecule has 0 bridgehead atoms. The number of hydrogen-bond donors (Lipinski definition) is 2. The quantitative estimate of drug-likeness (QED) is 0.496. The largest absolute Gasteiger partial charge is 0.482 e. The molecule has 206 valence electrons. The van der Waals surface area contributed by atoms with Gasteiger partial charge in [-0.15, -0.1) is 0 Å². The molecule has 0 unspecified atom stereocenters. The van der Waals surface area contributed by atoms with Crippen LogP contribution in [0.2, 0.25) is 0 Å². The number of likely N-dealkylation sites (N-methyl/N-ethyl adjacent to an activating group) is 2. The molecule has 4 rings (SSSR count). The van der Waals surface area contributed by atoms with Crippen molar-refractivity contribution in [3.05, 3.63) is 98.7 Å². The Morgan fingerprint density at radius 1 is 1.03 bits per heavy atom. The molecule has 0 saturated heterocycles. The zero-order chi connectivity index (χ0) is 28.1. The molecule has 1 aliphatic rings. The minimum Gasteiger partial charge on any atom is -0.482 e. The first-order valence-corrected chi connectivity index (χ1v) is 12.2. The van der Waals surface area contributed by atoms with Crippen LogP contribution in [0.3, 0.4) is 0 Å². The first kappa shape index (κ1) is 27.7. The van der Waals surface area contributed by atoms with Crippen molar-refractivity contribution < 1.29 is 27.5 Å². The molecule has 2 heterocycles. The van der Waals surface area contributed by atoms with E-state index >= 15 is 0 Å². The van der Waals surface area contributed by atoms with Crippen LogP contribution in [0.15, 0.2) is 53.5 Å². The number of fused-ring (bicyclic) bond motifs is 1. The monoisotopic (exact) mass is 543 g/mol.